The molecule has 0 atom stereocenters. The van der Waals surface area contributed by atoms with Crippen molar-refractivity contribution in [2.45, 2.75) is 37.5 Å². The van der Waals surface area contributed by atoms with E-state index in [4.69, 9.17) is 5.11 Å². The number of carbonyl (C=O) groups excluding carboxylic acids is 1. The third kappa shape index (κ3) is 2.98. The number of carboxylic acid groups (broad SMARTS) is 1. The van der Waals surface area contributed by atoms with Gasteiger partial charge in [0.05, 0.1) is 5.41 Å². The van der Waals surface area contributed by atoms with Crippen LogP contribution < -0.4 is 5.32 Å². The topological polar surface area (TPSA) is 66.4 Å². The van der Waals surface area contributed by atoms with E-state index < -0.39 is 11.4 Å². The molecule has 1 aliphatic carbocycles. The van der Waals surface area contributed by atoms with Crippen LogP contribution in [0.2, 0.25) is 0 Å². The Bertz CT molecular complexity index is 494. The zero-order valence-electron chi connectivity index (χ0n) is 11.2. The highest BCUT2D eigenvalue weighted by Gasteiger charge is 2.45. The van der Waals surface area contributed by atoms with Crippen molar-refractivity contribution in [3.05, 3.63) is 35.6 Å². The van der Waals surface area contributed by atoms with E-state index in [1.165, 1.54) is 12.1 Å². The minimum absolute atomic E-state index is 0.0455. The number of carbonyl (C=O) groups is 2. The lowest BCUT2D eigenvalue weighted by molar-refractivity contribution is -0.137. The molecule has 20 heavy (non-hydrogen) atoms. The first-order valence-corrected chi connectivity index (χ1v) is 6.81. The highest BCUT2D eigenvalue weighted by Crippen LogP contribution is 2.43. The fraction of sp³-hybridized carbons (Fsp3) is 0.467. The molecule has 5 heteroatoms. The molecule has 0 aromatic heterocycles. The molecule has 0 radical (unpaired) electrons. The lowest BCUT2D eigenvalue weighted by Gasteiger charge is -2.40. The zero-order chi connectivity index (χ0) is 14.6. The average Bonchev–Trinajstić information content (AvgIpc) is 2.35. The molecule has 1 amide bonds. The van der Waals surface area contributed by atoms with Gasteiger partial charge in [0.2, 0.25) is 5.91 Å². The summed E-state index contributed by atoms with van der Waals surface area (Å²) in [4.78, 5) is 22.7. The van der Waals surface area contributed by atoms with E-state index in [0.29, 0.717) is 13.0 Å². The van der Waals surface area contributed by atoms with Gasteiger partial charge in [0, 0.05) is 13.0 Å². The molecule has 2 N–H and O–H groups in total. The van der Waals surface area contributed by atoms with E-state index in [0.717, 1.165) is 24.8 Å². The van der Waals surface area contributed by atoms with E-state index >= 15 is 0 Å². The Morgan fingerprint density at radius 3 is 2.40 bits per heavy atom. The maximum absolute atomic E-state index is 13.0. The molecule has 1 aliphatic rings. The van der Waals surface area contributed by atoms with Crippen molar-refractivity contribution in [3.8, 4) is 0 Å². The van der Waals surface area contributed by atoms with Crippen LogP contribution in [0, 0.1) is 5.82 Å². The van der Waals surface area contributed by atoms with E-state index in [-0.39, 0.29) is 18.1 Å². The number of benzene rings is 1. The van der Waals surface area contributed by atoms with Gasteiger partial charge in [-0.3, -0.25) is 9.59 Å². The van der Waals surface area contributed by atoms with Gasteiger partial charge in [0.1, 0.15) is 5.82 Å². The summed E-state index contributed by atoms with van der Waals surface area (Å²) in [5, 5.41) is 11.3. The predicted molar refractivity (Wildman–Crippen MR) is 71.8 cm³/mol. The fourth-order valence-electron chi connectivity index (χ4n) is 2.56. The van der Waals surface area contributed by atoms with Crippen LogP contribution in [0.25, 0.3) is 0 Å². The van der Waals surface area contributed by atoms with Crippen LogP contribution in [0.3, 0.4) is 0 Å². The molecule has 4 nitrogen and oxygen atoms in total. The largest absolute Gasteiger partial charge is 0.481 e. The molecular formula is C15H18FNO3. The summed E-state index contributed by atoms with van der Waals surface area (Å²) in [5.74, 6) is -1.26. The Labute approximate surface area is 117 Å². The molecule has 0 saturated heterocycles. The molecule has 0 unspecified atom stereocenters. The first-order valence-electron chi connectivity index (χ1n) is 6.81. The molecule has 108 valence electrons. The van der Waals surface area contributed by atoms with Gasteiger partial charge in [0.15, 0.2) is 0 Å². The summed E-state index contributed by atoms with van der Waals surface area (Å²) in [7, 11) is 0. The number of rotatable bonds is 6. The molecular weight excluding hydrogens is 261 g/mol. The average molecular weight is 279 g/mol. The van der Waals surface area contributed by atoms with Crippen LogP contribution in [0.1, 0.15) is 37.7 Å². The quantitative estimate of drug-likeness (QED) is 0.785. The van der Waals surface area contributed by atoms with Crippen LogP contribution >= 0.6 is 0 Å². The second-order valence-corrected chi connectivity index (χ2v) is 5.20. The molecule has 1 aromatic carbocycles. The SMILES string of the molecule is O=C(O)CCCNC(=O)C1(c2ccc(F)cc2)CCC1. The van der Waals surface area contributed by atoms with Crippen molar-refractivity contribution in [1.29, 1.82) is 0 Å². The molecule has 1 fully saturated rings. The molecule has 0 spiro atoms. The van der Waals surface area contributed by atoms with Crippen molar-refractivity contribution in [3.63, 3.8) is 0 Å². The molecule has 0 aliphatic heterocycles. The van der Waals surface area contributed by atoms with E-state index in [1.54, 1.807) is 12.1 Å². The number of carboxylic acids is 1. The molecule has 2 rings (SSSR count). The van der Waals surface area contributed by atoms with Crippen LogP contribution in [-0.4, -0.2) is 23.5 Å². The summed E-state index contributed by atoms with van der Waals surface area (Å²) in [6.07, 6.45) is 2.94. The van der Waals surface area contributed by atoms with Crippen LogP contribution in [0.4, 0.5) is 4.39 Å². The minimum atomic E-state index is -0.865. The van der Waals surface area contributed by atoms with Crippen molar-refractivity contribution in [1.82, 2.24) is 5.32 Å². The van der Waals surface area contributed by atoms with Crippen LogP contribution in [-0.2, 0) is 15.0 Å². The van der Waals surface area contributed by atoms with Crippen molar-refractivity contribution >= 4 is 11.9 Å². The van der Waals surface area contributed by atoms with Crippen molar-refractivity contribution in [2.75, 3.05) is 6.54 Å². The molecule has 0 bridgehead atoms. The van der Waals surface area contributed by atoms with Crippen LogP contribution in [0.5, 0.6) is 0 Å². The van der Waals surface area contributed by atoms with Crippen LogP contribution in [0.15, 0.2) is 24.3 Å². The number of hydrogen-bond acceptors (Lipinski definition) is 2. The standard InChI is InChI=1S/C15H18FNO3/c16-12-6-4-11(5-7-12)15(8-2-9-15)14(20)17-10-1-3-13(18)19/h4-7H,1-3,8-10H2,(H,17,20)(H,18,19). The van der Waals surface area contributed by atoms with Crippen molar-refractivity contribution in [2.24, 2.45) is 0 Å². The first kappa shape index (κ1) is 14.5. The van der Waals surface area contributed by atoms with Gasteiger partial charge >= 0.3 is 5.97 Å². The van der Waals surface area contributed by atoms with Gasteiger partial charge in [-0.25, -0.2) is 4.39 Å². The molecule has 0 heterocycles. The summed E-state index contributed by atoms with van der Waals surface area (Å²) in [6.45, 7) is 0.355. The first-order chi connectivity index (χ1) is 9.54. The number of halogens is 1. The normalized spacial score (nSPS) is 16.2. The maximum atomic E-state index is 13.0. The van der Waals surface area contributed by atoms with Gasteiger partial charge < -0.3 is 10.4 Å². The zero-order valence-corrected chi connectivity index (χ0v) is 11.2. The number of amides is 1. The minimum Gasteiger partial charge on any atom is -0.481 e. The van der Waals surface area contributed by atoms with E-state index in [9.17, 15) is 14.0 Å². The third-order valence-electron chi connectivity index (χ3n) is 3.89. The Balaban J connectivity index is 1.98. The molecule has 1 aromatic rings. The van der Waals surface area contributed by atoms with Crippen molar-refractivity contribution < 1.29 is 19.1 Å². The highest BCUT2D eigenvalue weighted by atomic mass is 19.1. The Morgan fingerprint density at radius 1 is 1.25 bits per heavy atom. The summed E-state index contributed by atoms with van der Waals surface area (Å²) < 4.78 is 13.0. The van der Waals surface area contributed by atoms with Gasteiger partial charge in [-0.2, -0.15) is 0 Å². The smallest absolute Gasteiger partial charge is 0.303 e. The predicted octanol–water partition coefficient (Wildman–Crippen LogP) is 2.23. The lowest BCUT2D eigenvalue weighted by Crippen LogP contribution is -2.49. The number of aliphatic carboxylic acids is 1. The summed E-state index contributed by atoms with van der Waals surface area (Å²) in [5.41, 5.74) is 0.276. The fourth-order valence-corrected chi connectivity index (χ4v) is 2.56. The highest BCUT2D eigenvalue weighted by molar-refractivity contribution is 5.89. The van der Waals surface area contributed by atoms with E-state index in [1.807, 2.05) is 0 Å². The Hall–Kier alpha value is -1.91. The maximum Gasteiger partial charge on any atom is 0.303 e. The van der Waals surface area contributed by atoms with Gasteiger partial charge in [-0.05, 0) is 37.0 Å². The molecule has 1 saturated carbocycles. The lowest BCUT2D eigenvalue weighted by atomic mass is 9.64. The third-order valence-corrected chi connectivity index (χ3v) is 3.89. The monoisotopic (exact) mass is 279 g/mol. The van der Waals surface area contributed by atoms with Gasteiger partial charge in [-0.15, -0.1) is 0 Å². The number of hydrogen-bond donors (Lipinski definition) is 2. The van der Waals surface area contributed by atoms with Gasteiger partial charge in [0.25, 0.3) is 0 Å². The van der Waals surface area contributed by atoms with E-state index in [2.05, 4.69) is 5.32 Å². The summed E-state index contributed by atoms with van der Waals surface area (Å²) >= 11 is 0. The Morgan fingerprint density at radius 2 is 1.90 bits per heavy atom. The summed E-state index contributed by atoms with van der Waals surface area (Å²) in [6, 6.07) is 6.05. The second-order valence-electron chi connectivity index (χ2n) is 5.20. The van der Waals surface area contributed by atoms with Gasteiger partial charge in [-0.1, -0.05) is 18.6 Å². The Kier molecular flexibility index (Phi) is 4.37. The number of nitrogens with one attached hydrogen (secondary N) is 1. The second kappa shape index (κ2) is 6.03.